The summed E-state index contributed by atoms with van der Waals surface area (Å²) in [5, 5.41) is 0. The molecule has 0 aromatic carbocycles. The van der Waals surface area contributed by atoms with Crippen molar-refractivity contribution in [2.45, 2.75) is 96.3 Å². The van der Waals surface area contributed by atoms with Crippen molar-refractivity contribution in [1.82, 2.24) is 4.90 Å². The van der Waals surface area contributed by atoms with Crippen LogP contribution in [0.2, 0.25) is 0 Å². The molecule has 122 valence electrons. The topological polar surface area (TPSA) is 3.24 Å². The smallest absolute Gasteiger partial charge is 0.0186 e. The van der Waals surface area contributed by atoms with Crippen LogP contribution in [0.3, 0.4) is 0 Å². The van der Waals surface area contributed by atoms with Crippen LogP contribution in [0.4, 0.5) is 0 Å². The highest BCUT2D eigenvalue weighted by atomic mass is 15.2. The van der Waals surface area contributed by atoms with Crippen molar-refractivity contribution in [3.8, 4) is 0 Å². The number of hydrogen-bond donors (Lipinski definition) is 0. The van der Waals surface area contributed by atoms with E-state index in [9.17, 15) is 0 Å². The van der Waals surface area contributed by atoms with E-state index >= 15 is 0 Å². The van der Waals surface area contributed by atoms with E-state index in [0.29, 0.717) is 0 Å². The van der Waals surface area contributed by atoms with Gasteiger partial charge in [0, 0.05) is 17.1 Å². The Balaban J connectivity index is 1.87. The van der Waals surface area contributed by atoms with Gasteiger partial charge >= 0.3 is 0 Å². The van der Waals surface area contributed by atoms with Crippen molar-refractivity contribution in [2.75, 3.05) is 0 Å². The summed E-state index contributed by atoms with van der Waals surface area (Å²) in [6.07, 6.45) is 27.9. The highest BCUT2D eigenvalue weighted by Gasteiger charge is 2.21. The molecule has 0 bridgehead atoms. The van der Waals surface area contributed by atoms with Gasteiger partial charge in [-0.1, -0.05) is 37.5 Å². The summed E-state index contributed by atoms with van der Waals surface area (Å²) in [4.78, 5) is 2.72. The molecule has 0 heterocycles. The average molecular weight is 300 g/mol. The van der Waals surface area contributed by atoms with Gasteiger partial charge in [-0.2, -0.15) is 0 Å². The fourth-order valence-electron chi connectivity index (χ4n) is 4.16. The van der Waals surface area contributed by atoms with Crippen LogP contribution in [-0.4, -0.2) is 4.90 Å². The van der Waals surface area contributed by atoms with Crippen LogP contribution in [0.5, 0.6) is 0 Å². The molecule has 0 spiro atoms. The molecule has 0 aromatic rings. The summed E-state index contributed by atoms with van der Waals surface area (Å²) in [6.45, 7) is 0. The lowest BCUT2D eigenvalue weighted by Gasteiger charge is -2.32. The molecule has 22 heavy (non-hydrogen) atoms. The zero-order valence-corrected chi connectivity index (χ0v) is 14.3. The summed E-state index contributed by atoms with van der Waals surface area (Å²) < 4.78 is 0. The lowest BCUT2D eigenvalue weighted by molar-refractivity contribution is 0.449. The van der Waals surface area contributed by atoms with E-state index < -0.39 is 0 Å². The largest absolute Gasteiger partial charge is 0.323 e. The molecule has 3 aliphatic rings. The molecule has 0 radical (unpaired) electrons. The van der Waals surface area contributed by atoms with E-state index in [1.165, 1.54) is 96.3 Å². The molecule has 0 saturated heterocycles. The number of nitrogens with zero attached hydrogens (tertiary/aromatic N) is 1. The van der Waals surface area contributed by atoms with E-state index in [4.69, 9.17) is 0 Å². The van der Waals surface area contributed by atoms with Crippen molar-refractivity contribution in [3.63, 3.8) is 0 Å². The summed E-state index contributed by atoms with van der Waals surface area (Å²) in [5.41, 5.74) is 4.87. The van der Waals surface area contributed by atoms with E-state index in [1.807, 2.05) is 0 Å². The minimum atomic E-state index is 1.28. The molecule has 1 nitrogen and oxygen atoms in total. The Labute approximate surface area is 137 Å². The Morgan fingerprint density at radius 1 is 0.455 bits per heavy atom. The Kier molecular flexibility index (Phi) is 6.21. The van der Waals surface area contributed by atoms with Gasteiger partial charge in [0.1, 0.15) is 0 Å². The van der Waals surface area contributed by atoms with Crippen LogP contribution in [0.25, 0.3) is 0 Å². The van der Waals surface area contributed by atoms with E-state index in [1.54, 1.807) is 17.1 Å². The first-order valence-electron chi connectivity index (χ1n) is 9.82. The second kappa shape index (κ2) is 8.60. The second-order valence-corrected chi connectivity index (χ2v) is 7.22. The molecule has 1 heteroatoms. The minimum absolute atomic E-state index is 1.28. The number of hydrogen-bond acceptors (Lipinski definition) is 1. The van der Waals surface area contributed by atoms with Gasteiger partial charge in [0.25, 0.3) is 0 Å². The first-order valence-corrected chi connectivity index (χ1v) is 9.82. The van der Waals surface area contributed by atoms with Gasteiger partial charge < -0.3 is 4.90 Å². The lowest BCUT2D eigenvalue weighted by Crippen LogP contribution is -2.22. The minimum Gasteiger partial charge on any atom is -0.323 e. The average Bonchev–Trinajstić information content (AvgIpc) is 3.04. The van der Waals surface area contributed by atoms with Crippen LogP contribution < -0.4 is 0 Å². The van der Waals surface area contributed by atoms with Gasteiger partial charge in [-0.25, -0.2) is 0 Å². The van der Waals surface area contributed by atoms with Crippen LogP contribution in [0.15, 0.2) is 35.3 Å². The standard InChI is InChI=1S/C21H33N/c1-2-8-14-19(13-7-1)22(20-15-9-3-4-10-16-20)21-17-11-5-6-12-18-21/h13,15,17H,1-12,14,16,18H2. The van der Waals surface area contributed by atoms with Gasteiger partial charge in [0.05, 0.1) is 0 Å². The Bertz CT molecular complexity index is 374. The third-order valence-corrected chi connectivity index (χ3v) is 5.41. The quantitative estimate of drug-likeness (QED) is 0.552. The first kappa shape index (κ1) is 15.9. The van der Waals surface area contributed by atoms with Gasteiger partial charge in [-0.3, -0.25) is 0 Å². The number of allylic oxidation sites excluding steroid dienone is 6. The second-order valence-electron chi connectivity index (χ2n) is 7.22. The van der Waals surface area contributed by atoms with Crippen molar-refractivity contribution >= 4 is 0 Å². The van der Waals surface area contributed by atoms with Crippen molar-refractivity contribution < 1.29 is 0 Å². The summed E-state index contributed by atoms with van der Waals surface area (Å²) in [7, 11) is 0. The first-order chi connectivity index (χ1) is 10.9. The third-order valence-electron chi connectivity index (χ3n) is 5.41. The highest BCUT2D eigenvalue weighted by molar-refractivity contribution is 5.25. The lowest BCUT2D eigenvalue weighted by atomic mass is 10.1. The molecule has 0 fully saturated rings. The number of rotatable bonds is 3. The molecule has 0 N–H and O–H groups in total. The van der Waals surface area contributed by atoms with E-state index in [2.05, 4.69) is 23.1 Å². The molecule has 0 aliphatic heterocycles. The molecule has 0 amide bonds. The monoisotopic (exact) mass is 299 g/mol. The zero-order valence-electron chi connectivity index (χ0n) is 14.3. The molecule has 0 saturated carbocycles. The van der Waals surface area contributed by atoms with Gasteiger partial charge in [-0.15, -0.1) is 0 Å². The van der Waals surface area contributed by atoms with Crippen LogP contribution >= 0.6 is 0 Å². The summed E-state index contributed by atoms with van der Waals surface area (Å²) in [5.74, 6) is 0. The molecular weight excluding hydrogens is 266 g/mol. The fraction of sp³-hybridized carbons (Fsp3) is 0.714. The van der Waals surface area contributed by atoms with Crippen molar-refractivity contribution in [3.05, 3.63) is 35.3 Å². The van der Waals surface area contributed by atoms with E-state index in [0.717, 1.165) is 0 Å². The SMILES string of the molecule is C1=C(N(C2=CCCCCC2)C2=CCCCCC2)CCCCC1. The maximum Gasteiger partial charge on any atom is 0.0186 e. The van der Waals surface area contributed by atoms with Crippen LogP contribution in [-0.2, 0) is 0 Å². The van der Waals surface area contributed by atoms with Crippen molar-refractivity contribution in [2.24, 2.45) is 0 Å². The summed E-state index contributed by atoms with van der Waals surface area (Å²) >= 11 is 0. The normalized spacial score (nSPS) is 24.3. The maximum atomic E-state index is 2.72. The van der Waals surface area contributed by atoms with Crippen LogP contribution in [0.1, 0.15) is 96.3 Å². The third kappa shape index (κ3) is 4.27. The van der Waals surface area contributed by atoms with Gasteiger partial charge in [0.2, 0.25) is 0 Å². The predicted octanol–water partition coefficient (Wildman–Crippen LogP) is 6.83. The summed E-state index contributed by atoms with van der Waals surface area (Å²) in [6, 6.07) is 0. The molecule has 0 unspecified atom stereocenters. The molecule has 0 aromatic heterocycles. The van der Waals surface area contributed by atoms with E-state index in [-0.39, 0.29) is 0 Å². The zero-order chi connectivity index (χ0) is 15.0. The van der Waals surface area contributed by atoms with Crippen LogP contribution in [0, 0.1) is 0 Å². The van der Waals surface area contributed by atoms with Crippen molar-refractivity contribution in [1.29, 1.82) is 0 Å². The fourth-order valence-corrected chi connectivity index (χ4v) is 4.16. The Hall–Kier alpha value is -0.980. The molecule has 3 rings (SSSR count). The molecule has 0 atom stereocenters. The van der Waals surface area contributed by atoms with Gasteiger partial charge in [-0.05, 0) is 77.0 Å². The Morgan fingerprint density at radius 2 is 0.818 bits per heavy atom. The highest BCUT2D eigenvalue weighted by Crippen LogP contribution is 2.34. The Morgan fingerprint density at radius 3 is 1.18 bits per heavy atom. The predicted molar refractivity (Wildman–Crippen MR) is 95.3 cm³/mol. The van der Waals surface area contributed by atoms with Gasteiger partial charge in [0.15, 0.2) is 0 Å². The molecule has 3 aliphatic carbocycles. The molecular formula is C21H33N. The maximum absolute atomic E-state index is 2.72.